The molecule has 0 aliphatic heterocycles. The van der Waals surface area contributed by atoms with Crippen molar-refractivity contribution >= 4 is 17.8 Å². The topological polar surface area (TPSA) is 180 Å². The SMILES string of the molecule is CCC[C@](N)(NC(=N)N)C(=O)NCCCCC(N)C(=O)O. The summed E-state index contributed by atoms with van der Waals surface area (Å²) >= 11 is 0. The van der Waals surface area contributed by atoms with Gasteiger partial charge in [0, 0.05) is 6.54 Å². The highest BCUT2D eigenvalue weighted by molar-refractivity contribution is 5.90. The van der Waals surface area contributed by atoms with E-state index in [4.69, 9.17) is 27.7 Å². The molecule has 0 aromatic heterocycles. The number of amides is 1. The van der Waals surface area contributed by atoms with Gasteiger partial charge >= 0.3 is 5.97 Å². The monoisotopic (exact) mass is 302 g/mol. The zero-order valence-electron chi connectivity index (χ0n) is 12.3. The average molecular weight is 302 g/mol. The van der Waals surface area contributed by atoms with Crippen LogP contribution < -0.4 is 27.8 Å². The lowest BCUT2D eigenvalue weighted by Gasteiger charge is -2.29. The summed E-state index contributed by atoms with van der Waals surface area (Å²) in [6, 6.07) is -0.881. The minimum absolute atomic E-state index is 0.336. The molecule has 0 spiro atoms. The number of nitrogens with one attached hydrogen (secondary N) is 3. The van der Waals surface area contributed by atoms with Crippen LogP contribution in [0.15, 0.2) is 0 Å². The fourth-order valence-corrected chi connectivity index (χ4v) is 1.84. The Morgan fingerprint density at radius 1 is 1.38 bits per heavy atom. The summed E-state index contributed by atoms with van der Waals surface area (Å²) in [6.07, 6.45) is 2.51. The number of rotatable bonds is 10. The molecule has 21 heavy (non-hydrogen) atoms. The minimum Gasteiger partial charge on any atom is -0.480 e. The Hall–Kier alpha value is -1.87. The van der Waals surface area contributed by atoms with Crippen LogP contribution in [-0.4, -0.2) is 41.2 Å². The molecule has 0 aliphatic carbocycles. The van der Waals surface area contributed by atoms with Gasteiger partial charge < -0.3 is 32.9 Å². The lowest BCUT2D eigenvalue weighted by atomic mass is 10.0. The smallest absolute Gasteiger partial charge is 0.320 e. The molecule has 0 rings (SSSR count). The molecule has 9 nitrogen and oxygen atoms in total. The number of carboxylic acids is 1. The summed E-state index contributed by atoms with van der Waals surface area (Å²) in [6.45, 7) is 2.22. The van der Waals surface area contributed by atoms with Gasteiger partial charge in [-0.05, 0) is 25.7 Å². The standard InChI is InChI=1S/C12H26N6O3/c1-2-6-12(16,18-11(14)15)10(21)17-7-4-3-5-8(13)9(19)20/h8H,2-7,13,16H2,1H3,(H,17,21)(H,19,20)(H4,14,15,18)/t8?,12-/m0/s1. The zero-order chi connectivity index (χ0) is 16.5. The number of carbonyl (C=O) groups is 2. The van der Waals surface area contributed by atoms with Crippen LogP contribution in [0, 0.1) is 5.41 Å². The van der Waals surface area contributed by atoms with Crippen LogP contribution in [0.4, 0.5) is 0 Å². The Bertz CT molecular complexity index is 376. The van der Waals surface area contributed by atoms with Gasteiger partial charge in [-0.3, -0.25) is 15.0 Å². The molecule has 0 aromatic carbocycles. The fourth-order valence-electron chi connectivity index (χ4n) is 1.84. The Morgan fingerprint density at radius 2 is 2.00 bits per heavy atom. The van der Waals surface area contributed by atoms with Crippen LogP contribution in [0.2, 0.25) is 0 Å². The van der Waals surface area contributed by atoms with Crippen molar-refractivity contribution in [1.29, 1.82) is 5.41 Å². The van der Waals surface area contributed by atoms with Crippen LogP contribution in [0.25, 0.3) is 0 Å². The molecule has 0 bridgehead atoms. The molecule has 0 fully saturated rings. The van der Waals surface area contributed by atoms with E-state index in [2.05, 4.69) is 10.6 Å². The van der Waals surface area contributed by atoms with E-state index in [1.165, 1.54) is 0 Å². The maximum Gasteiger partial charge on any atom is 0.320 e. The second-order valence-electron chi connectivity index (χ2n) is 4.96. The second kappa shape index (κ2) is 9.14. The summed E-state index contributed by atoms with van der Waals surface area (Å²) in [5, 5.41) is 20.9. The number of carboxylic acid groups (broad SMARTS) is 1. The van der Waals surface area contributed by atoms with Gasteiger partial charge in [-0.25, -0.2) is 0 Å². The van der Waals surface area contributed by atoms with Crippen LogP contribution in [0.3, 0.4) is 0 Å². The summed E-state index contributed by atoms with van der Waals surface area (Å²) in [4.78, 5) is 22.6. The highest BCUT2D eigenvalue weighted by atomic mass is 16.4. The summed E-state index contributed by atoms with van der Waals surface area (Å²) in [5.41, 5.74) is 15.1. The van der Waals surface area contributed by atoms with Gasteiger partial charge in [-0.1, -0.05) is 13.3 Å². The zero-order valence-corrected chi connectivity index (χ0v) is 12.3. The van der Waals surface area contributed by atoms with Crippen LogP contribution in [0.1, 0.15) is 39.0 Å². The van der Waals surface area contributed by atoms with E-state index in [1.54, 1.807) is 0 Å². The molecule has 0 heterocycles. The quantitative estimate of drug-likeness (QED) is 0.112. The van der Waals surface area contributed by atoms with E-state index >= 15 is 0 Å². The average Bonchev–Trinajstić information content (AvgIpc) is 2.36. The highest BCUT2D eigenvalue weighted by Crippen LogP contribution is 2.06. The molecule has 0 radical (unpaired) electrons. The Labute approximate surface area is 124 Å². The van der Waals surface area contributed by atoms with Crippen molar-refractivity contribution in [2.75, 3.05) is 6.54 Å². The first kappa shape index (κ1) is 19.1. The van der Waals surface area contributed by atoms with Crippen LogP contribution >= 0.6 is 0 Å². The first-order valence-electron chi connectivity index (χ1n) is 6.90. The van der Waals surface area contributed by atoms with Crippen LogP contribution in [0.5, 0.6) is 0 Å². The van der Waals surface area contributed by atoms with Crippen molar-refractivity contribution in [2.24, 2.45) is 17.2 Å². The molecule has 0 aromatic rings. The molecule has 1 unspecified atom stereocenters. The van der Waals surface area contributed by atoms with Gasteiger partial charge in [0.1, 0.15) is 6.04 Å². The van der Waals surface area contributed by atoms with Crippen molar-refractivity contribution < 1.29 is 14.7 Å². The number of hydrogen-bond acceptors (Lipinski definition) is 5. The number of carbonyl (C=O) groups excluding carboxylic acids is 1. The molecule has 10 N–H and O–H groups in total. The third-order valence-corrected chi connectivity index (χ3v) is 2.95. The van der Waals surface area contributed by atoms with Crippen molar-refractivity contribution in [3.63, 3.8) is 0 Å². The maximum atomic E-state index is 12.0. The summed E-state index contributed by atoms with van der Waals surface area (Å²) in [5.74, 6) is -1.84. The first-order valence-corrected chi connectivity index (χ1v) is 6.90. The number of nitrogens with two attached hydrogens (primary N) is 3. The van der Waals surface area contributed by atoms with Crippen molar-refractivity contribution in [3.8, 4) is 0 Å². The Morgan fingerprint density at radius 3 is 2.48 bits per heavy atom. The van der Waals surface area contributed by atoms with Crippen molar-refractivity contribution in [1.82, 2.24) is 10.6 Å². The molecule has 0 saturated carbocycles. The number of aliphatic carboxylic acids is 1. The predicted molar refractivity (Wildman–Crippen MR) is 79.3 cm³/mol. The first-order chi connectivity index (χ1) is 9.73. The molecule has 2 atom stereocenters. The third kappa shape index (κ3) is 7.47. The Kier molecular flexibility index (Phi) is 8.32. The molecule has 122 valence electrons. The Balaban J connectivity index is 4.15. The molecular formula is C12H26N6O3. The van der Waals surface area contributed by atoms with Gasteiger partial charge in [0.2, 0.25) is 0 Å². The molecular weight excluding hydrogens is 276 g/mol. The molecule has 9 heteroatoms. The van der Waals surface area contributed by atoms with Gasteiger partial charge in [-0.15, -0.1) is 0 Å². The normalized spacial score (nSPS) is 14.8. The van der Waals surface area contributed by atoms with Gasteiger partial charge in [0.15, 0.2) is 11.6 Å². The van der Waals surface area contributed by atoms with E-state index in [9.17, 15) is 9.59 Å². The number of unbranched alkanes of at least 4 members (excludes halogenated alkanes) is 1. The lowest BCUT2D eigenvalue weighted by molar-refractivity contribution is -0.138. The van der Waals surface area contributed by atoms with E-state index in [0.717, 1.165) is 0 Å². The van der Waals surface area contributed by atoms with E-state index < -0.39 is 23.6 Å². The minimum atomic E-state index is -1.40. The van der Waals surface area contributed by atoms with Gasteiger partial charge in [-0.2, -0.15) is 0 Å². The van der Waals surface area contributed by atoms with Crippen molar-refractivity contribution in [3.05, 3.63) is 0 Å². The van der Waals surface area contributed by atoms with E-state index in [0.29, 0.717) is 38.6 Å². The molecule has 0 saturated heterocycles. The maximum absolute atomic E-state index is 12.0. The molecule has 0 aliphatic rings. The van der Waals surface area contributed by atoms with E-state index in [-0.39, 0.29) is 5.96 Å². The van der Waals surface area contributed by atoms with Gasteiger partial charge in [0.05, 0.1) is 0 Å². The largest absolute Gasteiger partial charge is 0.480 e. The van der Waals surface area contributed by atoms with E-state index in [1.807, 2.05) is 6.92 Å². The lowest BCUT2D eigenvalue weighted by Crippen LogP contribution is -2.66. The van der Waals surface area contributed by atoms with Gasteiger partial charge in [0.25, 0.3) is 5.91 Å². The van der Waals surface area contributed by atoms with Crippen LogP contribution in [-0.2, 0) is 9.59 Å². The third-order valence-electron chi connectivity index (χ3n) is 2.95. The second-order valence-corrected chi connectivity index (χ2v) is 4.96. The molecule has 1 amide bonds. The number of hydrogen-bond donors (Lipinski definition) is 7. The summed E-state index contributed by atoms with van der Waals surface area (Å²) < 4.78 is 0. The number of guanidine groups is 1. The summed E-state index contributed by atoms with van der Waals surface area (Å²) in [7, 11) is 0. The predicted octanol–water partition coefficient (Wildman–Crippen LogP) is -1.38. The highest BCUT2D eigenvalue weighted by Gasteiger charge is 2.33. The van der Waals surface area contributed by atoms with Crippen molar-refractivity contribution in [2.45, 2.75) is 50.7 Å². The fraction of sp³-hybridized carbons (Fsp3) is 0.750.